The Labute approximate surface area is 110 Å². The van der Waals surface area contributed by atoms with Crippen molar-refractivity contribution in [2.75, 3.05) is 5.32 Å². The number of carboxylic acids is 1. The van der Waals surface area contributed by atoms with Gasteiger partial charge in [0.1, 0.15) is 5.56 Å². The lowest BCUT2D eigenvalue weighted by molar-refractivity contribution is -0.116. The predicted molar refractivity (Wildman–Crippen MR) is 69.9 cm³/mol. The van der Waals surface area contributed by atoms with E-state index in [0.717, 1.165) is 0 Å². The van der Waals surface area contributed by atoms with Gasteiger partial charge in [-0.25, -0.2) is 4.79 Å². The van der Waals surface area contributed by atoms with Crippen LogP contribution in [0.1, 0.15) is 30.1 Å². The number of hydrogen-bond acceptors (Lipinski definition) is 3. The molecule has 1 aromatic carbocycles. The smallest absolute Gasteiger partial charge is 0.339 e. The normalized spacial score (nSPS) is 11.9. The van der Waals surface area contributed by atoms with Gasteiger partial charge < -0.3 is 16.2 Å². The van der Waals surface area contributed by atoms with Gasteiger partial charge in [-0.3, -0.25) is 4.79 Å². The van der Waals surface area contributed by atoms with Crippen molar-refractivity contribution in [1.29, 1.82) is 0 Å². The molecule has 0 aliphatic heterocycles. The summed E-state index contributed by atoms with van der Waals surface area (Å²) in [6.07, 6.45) is 0.816. The van der Waals surface area contributed by atoms with Crippen LogP contribution in [0.15, 0.2) is 18.2 Å². The minimum Gasteiger partial charge on any atom is -0.478 e. The Morgan fingerprint density at radius 3 is 2.72 bits per heavy atom. The van der Waals surface area contributed by atoms with Gasteiger partial charge in [0, 0.05) is 12.5 Å². The summed E-state index contributed by atoms with van der Waals surface area (Å²) >= 11 is 5.78. The zero-order valence-electron chi connectivity index (χ0n) is 9.94. The van der Waals surface area contributed by atoms with E-state index in [1.807, 2.05) is 6.92 Å². The van der Waals surface area contributed by atoms with Crippen molar-refractivity contribution in [2.24, 2.45) is 5.73 Å². The van der Waals surface area contributed by atoms with Crippen LogP contribution in [0.4, 0.5) is 5.69 Å². The molecule has 18 heavy (non-hydrogen) atoms. The quantitative estimate of drug-likeness (QED) is 0.764. The van der Waals surface area contributed by atoms with Gasteiger partial charge in [0.05, 0.1) is 10.7 Å². The lowest BCUT2D eigenvalue weighted by Crippen LogP contribution is -2.26. The maximum atomic E-state index is 11.6. The molecule has 0 saturated carbocycles. The van der Waals surface area contributed by atoms with E-state index in [0.29, 0.717) is 6.42 Å². The molecule has 0 saturated heterocycles. The van der Waals surface area contributed by atoms with Gasteiger partial charge in [0.2, 0.25) is 5.91 Å². The van der Waals surface area contributed by atoms with Crippen molar-refractivity contribution >= 4 is 29.2 Å². The molecule has 1 aromatic rings. The number of amides is 1. The molecular weight excluding hydrogens is 256 g/mol. The topological polar surface area (TPSA) is 92.4 Å². The molecule has 6 heteroatoms. The molecule has 4 N–H and O–H groups in total. The second-order valence-corrected chi connectivity index (χ2v) is 4.30. The van der Waals surface area contributed by atoms with E-state index in [9.17, 15) is 9.59 Å². The lowest BCUT2D eigenvalue weighted by atomic mass is 10.1. The van der Waals surface area contributed by atoms with Crippen LogP contribution in [0.5, 0.6) is 0 Å². The minimum absolute atomic E-state index is 0.0834. The third kappa shape index (κ3) is 3.72. The van der Waals surface area contributed by atoms with Crippen LogP contribution in [-0.2, 0) is 4.79 Å². The van der Waals surface area contributed by atoms with Gasteiger partial charge in [0.25, 0.3) is 0 Å². The Morgan fingerprint density at radius 2 is 2.17 bits per heavy atom. The fraction of sp³-hybridized carbons (Fsp3) is 0.333. The maximum Gasteiger partial charge on any atom is 0.339 e. The molecule has 0 aliphatic rings. The average Bonchev–Trinajstić information content (AvgIpc) is 2.28. The van der Waals surface area contributed by atoms with Crippen LogP contribution in [0.3, 0.4) is 0 Å². The summed E-state index contributed by atoms with van der Waals surface area (Å²) in [5.74, 6) is -1.51. The molecule has 1 amide bonds. The van der Waals surface area contributed by atoms with Crippen molar-refractivity contribution in [3.63, 3.8) is 0 Å². The van der Waals surface area contributed by atoms with Gasteiger partial charge in [-0.1, -0.05) is 24.6 Å². The van der Waals surface area contributed by atoms with Gasteiger partial charge in [0.15, 0.2) is 0 Å². The standard InChI is InChI=1S/C12H15ClN2O3/c1-2-7(14)6-10(16)15-9-5-3-4-8(13)11(9)12(17)18/h3-5,7H,2,6,14H2,1H3,(H,15,16)(H,17,18). The Kier molecular flexibility index (Phi) is 5.12. The first-order valence-corrected chi connectivity index (χ1v) is 5.90. The molecule has 0 aliphatic carbocycles. The number of nitrogens with one attached hydrogen (secondary N) is 1. The molecule has 1 rings (SSSR count). The number of hydrogen-bond donors (Lipinski definition) is 3. The molecule has 0 radical (unpaired) electrons. The van der Waals surface area contributed by atoms with Crippen LogP contribution < -0.4 is 11.1 Å². The highest BCUT2D eigenvalue weighted by atomic mass is 35.5. The summed E-state index contributed by atoms with van der Waals surface area (Å²) in [4.78, 5) is 22.7. The van der Waals surface area contributed by atoms with E-state index in [2.05, 4.69) is 5.32 Å². The number of benzene rings is 1. The first kappa shape index (κ1) is 14.5. The monoisotopic (exact) mass is 270 g/mol. The van der Waals surface area contributed by atoms with E-state index in [1.165, 1.54) is 12.1 Å². The number of carboxylic acid groups (broad SMARTS) is 1. The third-order valence-electron chi connectivity index (χ3n) is 2.47. The van der Waals surface area contributed by atoms with E-state index >= 15 is 0 Å². The second kappa shape index (κ2) is 6.37. The van der Waals surface area contributed by atoms with Crippen molar-refractivity contribution < 1.29 is 14.7 Å². The molecule has 5 nitrogen and oxygen atoms in total. The fourth-order valence-electron chi connectivity index (χ4n) is 1.43. The van der Waals surface area contributed by atoms with Crippen molar-refractivity contribution in [2.45, 2.75) is 25.8 Å². The fourth-order valence-corrected chi connectivity index (χ4v) is 1.68. The predicted octanol–water partition coefficient (Wildman–Crippen LogP) is 2.10. The van der Waals surface area contributed by atoms with E-state index in [4.69, 9.17) is 22.4 Å². The second-order valence-electron chi connectivity index (χ2n) is 3.89. The van der Waals surface area contributed by atoms with Crippen LogP contribution >= 0.6 is 11.6 Å². The minimum atomic E-state index is -1.18. The van der Waals surface area contributed by atoms with E-state index in [-0.39, 0.29) is 34.6 Å². The summed E-state index contributed by atoms with van der Waals surface area (Å²) in [5, 5.41) is 11.6. The van der Waals surface area contributed by atoms with E-state index < -0.39 is 5.97 Å². The number of rotatable bonds is 5. The Bertz CT molecular complexity index is 463. The number of carbonyl (C=O) groups excluding carboxylic acids is 1. The molecule has 0 aromatic heterocycles. The summed E-state index contributed by atoms with van der Waals surface area (Å²) in [5.41, 5.74) is 5.72. The summed E-state index contributed by atoms with van der Waals surface area (Å²) < 4.78 is 0. The van der Waals surface area contributed by atoms with Gasteiger partial charge in [-0.15, -0.1) is 0 Å². The highest BCUT2D eigenvalue weighted by Crippen LogP contribution is 2.24. The van der Waals surface area contributed by atoms with Crippen LogP contribution in [0.25, 0.3) is 0 Å². The number of nitrogens with two attached hydrogens (primary N) is 1. The van der Waals surface area contributed by atoms with Gasteiger partial charge in [-0.2, -0.15) is 0 Å². The summed E-state index contributed by atoms with van der Waals surface area (Å²) in [6.45, 7) is 1.88. The molecule has 0 bridgehead atoms. The van der Waals surface area contributed by atoms with Gasteiger partial charge >= 0.3 is 5.97 Å². The van der Waals surface area contributed by atoms with Crippen molar-refractivity contribution in [3.05, 3.63) is 28.8 Å². The number of aromatic carboxylic acids is 1. The molecule has 98 valence electrons. The molecule has 0 spiro atoms. The van der Waals surface area contributed by atoms with Gasteiger partial charge in [-0.05, 0) is 18.6 Å². The third-order valence-corrected chi connectivity index (χ3v) is 2.79. The Hall–Kier alpha value is -1.59. The number of carbonyl (C=O) groups is 2. The first-order chi connectivity index (χ1) is 8.45. The Morgan fingerprint density at radius 1 is 1.50 bits per heavy atom. The molecule has 1 atom stereocenters. The molecule has 0 fully saturated rings. The maximum absolute atomic E-state index is 11.6. The van der Waals surface area contributed by atoms with Crippen molar-refractivity contribution in [1.82, 2.24) is 0 Å². The van der Waals surface area contributed by atoms with Crippen LogP contribution in [0.2, 0.25) is 5.02 Å². The van der Waals surface area contributed by atoms with Crippen LogP contribution in [0, 0.1) is 0 Å². The number of anilines is 1. The zero-order chi connectivity index (χ0) is 13.7. The SMILES string of the molecule is CCC(N)CC(=O)Nc1cccc(Cl)c1C(=O)O. The number of halogens is 1. The summed E-state index contributed by atoms with van der Waals surface area (Å²) in [6, 6.07) is 4.28. The first-order valence-electron chi connectivity index (χ1n) is 5.53. The zero-order valence-corrected chi connectivity index (χ0v) is 10.7. The highest BCUT2D eigenvalue weighted by Gasteiger charge is 2.16. The average molecular weight is 271 g/mol. The summed E-state index contributed by atoms with van der Waals surface area (Å²) in [7, 11) is 0. The highest BCUT2D eigenvalue weighted by molar-refractivity contribution is 6.34. The lowest BCUT2D eigenvalue weighted by Gasteiger charge is -2.12. The molecule has 1 unspecified atom stereocenters. The van der Waals surface area contributed by atoms with E-state index in [1.54, 1.807) is 6.07 Å². The van der Waals surface area contributed by atoms with Crippen molar-refractivity contribution in [3.8, 4) is 0 Å². The van der Waals surface area contributed by atoms with Crippen LogP contribution in [-0.4, -0.2) is 23.0 Å². The molecular formula is C12H15ClN2O3. The largest absolute Gasteiger partial charge is 0.478 e. The Balaban J connectivity index is 2.88. The molecule has 0 heterocycles.